The highest BCUT2D eigenvalue weighted by molar-refractivity contribution is 14.0. The van der Waals surface area contributed by atoms with Gasteiger partial charge in [-0.2, -0.15) is 5.10 Å². The van der Waals surface area contributed by atoms with Crippen LogP contribution in [0.4, 0.5) is 0 Å². The number of para-hydroxylation sites is 1. The van der Waals surface area contributed by atoms with Crippen LogP contribution in [0.2, 0.25) is 0 Å². The second-order valence-electron chi connectivity index (χ2n) is 8.93. The Morgan fingerprint density at radius 3 is 2.38 bits per heavy atom. The van der Waals surface area contributed by atoms with Gasteiger partial charge in [0.2, 0.25) is 0 Å². The fraction of sp³-hybridized carbons (Fsp3) is 0.407. The SMILES string of the molecule is CN=C(NCc1ccccc1-n1nc(C)cc1C)NC1CCN(C(C)c2ccccc2)CC1.I. The van der Waals surface area contributed by atoms with Crippen molar-refractivity contribution in [3.8, 4) is 5.69 Å². The smallest absolute Gasteiger partial charge is 0.191 e. The number of piperidine rings is 1. The Kier molecular flexibility index (Phi) is 9.53. The largest absolute Gasteiger partial charge is 0.354 e. The molecule has 1 aliphatic rings. The van der Waals surface area contributed by atoms with Crippen molar-refractivity contribution in [3.63, 3.8) is 0 Å². The normalized spacial score (nSPS) is 16.1. The highest BCUT2D eigenvalue weighted by Crippen LogP contribution is 2.24. The lowest BCUT2D eigenvalue weighted by molar-refractivity contribution is 0.158. The molecule has 1 unspecified atom stereocenters. The van der Waals surface area contributed by atoms with Gasteiger partial charge in [-0.3, -0.25) is 9.89 Å². The molecule has 0 amide bonds. The summed E-state index contributed by atoms with van der Waals surface area (Å²) in [5.41, 5.74) is 5.86. The van der Waals surface area contributed by atoms with E-state index < -0.39 is 0 Å². The summed E-state index contributed by atoms with van der Waals surface area (Å²) >= 11 is 0. The van der Waals surface area contributed by atoms with Gasteiger partial charge in [0, 0.05) is 44.5 Å². The topological polar surface area (TPSA) is 57.5 Å². The first kappa shape index (κ1) is 26.2. The summed E-state index contributed by atoms with van der Waals surface area (Å²) in [5.74, 6) is 0.854. The van der Waals surface area contributed by atoms with E-state index >= 15 is 0 Å². The lowest BCUT2D eigenvalue weighted by Crippen LogP contribution is -2.48. The Morgan fingerprint density at radius 2 is 1.74 bits per heavy atom. The predicted octanol–water partition coefficient (Wildman–Crippen LogP) is 5.00. The number of aryl methyl sites for hydroxylation is 2. The van der Waals surface area contributed by atoms with Crippen LogP contribution in [0.25, 0.3) is 5.69 Å². The number of likely N-dealkylation sites (tertiary alicyclic amines) is 1. The molecule has 34 heavy (non-hydrogen) atoms. The third-order valence-electron chi connectivity index (χ3n) is 6.60. The molecule has 2 N–H and O–H groups in total. The monoisotopic (exact) mass is 572 g/mol. The Balaban J connectivity index is 0.00000324. The summed E-state index contributed by atoms with van der Waals surface area (Å²) in [6.45, 7) is 9.30. The van der Waals surface area contributed by atoms with Gasteiger partial charge in [-0.05, 0) is 56.9 Å². The third kappa shape index (κ3) is 6.39. The van der Waals surface area contributed by atoms with Crippen molar-refractivity contribution in [3.05, 3.63) is 83.2 Å². The Bertz CT molecular complexity index is 1070. The molecule has 0 bridgehead atoms. The number of hydrogen-bond donors (Lipinski definition) is 2. The maximum absolute atomic E-state index is 4.66. The van der Waals surface area contributed by atoms with Crippen LogP contribution in [0.1, 0.15) is 48.3 Å². The molecule has 0 aliphatic carbocycles. The van der Waals surface area contributed by atoms with E-state index in [2.05, 4.69) is 100 Å². The van der Waals surface area contributed by atoms with Crippen molar-refractivity contribution in [1.29, 1.82) is 0 Å². The van der Waals surface area contributed by atoms with Crippen molar-refractivity contribution in [2.24, 2.45) is 4.99 Å². The van der Waals surface area contributed by atoms with Crippen LogP contribution in [0, 0.1) is 13.8 Å². The molecule has 7 heteroatoms. The average molecular weight is 573 g/mol. The van der Waals surface area contributed by atoms with Crippen LogP contribution in [0.3, 0.4) is 0 Å². The molecule has 6 nitrogen and oxygen atoms in total. The van der Waals surface area contributed by atoms with E-state index in [0.29, 0.717) is 18.6 Å². The minimum Gasteiger partial charge on any atom is -0.354 e. The van der Waals surface area contributed by atoms with E-state index in [4.69, 9.17) is 0 Å². The predicted molar refractivity (Wildman–Crippen MR) is 151 cm³/mol. The Morgan fingerprint density at radius 1 is 1.06 bits per heavy atom. The van der Waals surface area contributed by atoms with E-state index in [1.807, 2.05) is 18.7 Å². The maximum atomic E-state index is 4.66. The van der Waals surface area contributed by atoms with Crippen LogP contribution in [-0.2, 0) is 6.54 Å². The molecule has 1 saturated heterocycles. The molecule has 182 valence electrons. The summed E-state index contributed by atoms with van der Waals surface area (Å²) in [7, 11) is 1.84. The Labute approximate surface area is 220 Å². The molecule has 2 aromatic carbocycles. The van der Waals surface area contributed by atoms with Gasteiger partial charge < -0.3 is 10.6 Å². The Hall–Kier alpha value is -2.39. The molecular formula is C27H37IN6. The number of hydrogen-bond acceptors (Lipinski definition) is 3. The first-order chi connectivity index (χ1) is 16.0. The number of nitrogens with one attached hydrogen (secondary N) is 2. The molecule has 0 radical (unpaired) electrons. The molecule has 1 aromatic heterocycles. The van der Waals surface area contributed by atoms with E-state index in [1.54, 1.807) is 0 Å². The van der Waals surface area contributed by atoms with Crippen LogP contribution in [0.5, 0.6) is 0 Å². The maximum Gasteiger partial charge on any atom is 0.191 e. The van der Waals surface area contributed by atoms with Gasteiger partial charge in [-0.15, -0.1) is 24.0 Å². The van der Waals surface area contributed by atoms with Crippen molar-refractivity contribution in [1.82, 2.24) is 25.3 Å². The molecular weight excluding hydrogens is 535 g/mol. The van der Waals surface area contributed by atoms with Crippen molar-refractivity contribution >= 4 is 29.9 Å². The summed E-state index contributed by atoms with van der Waals surface area (Å²) < 4.78 is 2.02. The van der Waals surface area contributed by atoms with Gasteiger partial charge in [-0.25, -0.2) is 4.68 Å². The lowest BCUT2D eigenvalue weighted by atomic mass is 10.0. The summed E-state index contributed by atoms with van der Waals surface area (Å²) in [4.78, 5) is 7.06. The molecule has 4 rings (SSSR count). The standard InChI is InChI=1S/C27H36N6.HI/c1-20-18-21(2)33(31-20)26-13-9-8-12-24(26)19-29-27(28-4)30-25-14-16-32(17-15-25)22(3)23-10-6-5-7-11-23;/h5-13,18,22,25H,14-17,19H2,1-4H3,(H2,28,29,30);1H. The zero-order chi connectivity index (χ0) is 23.2. The molecule has 0 saturated carbocycles. The van der Waals surface area contributed by atoms with Crippen molar-refractivity contribution < 1.29 is 0 Å². The first-order valence-corrected chi connectivity index (χ1v) is 11.9. The number of nitrogens with zero attached hydrogens (tertiary/aromatic N) is 4. The van der Waals surface area contributed by atoms with Crippen LogP contribution in [-0.4, -0.2) is 46.8 Å². The zero-order valence-electron chi connectivity index (χ0n) is 20.7. The fourth-order valence-corrected chi connectivity index (χ4v) is 4.68. The van der Waals surface area contributed by atoms with Crippen LogP contribution < -0.4 is 10.6 Å². The highest BCUT2D eigenvalue weighted by Gasteiger charge is 2.24. The molecule has 2 heterocycles. The summed E-state index contributed by atoms with van der Waals surface area (Å²) in [6, 6.07) is 22.2. The molecule has 1 fully saturated rings. The fourth-order valence-electron chi connectivity index (χ4n) is 4.68. The second-order valence-corrected chi connectivity index (χ2v) is 8.93. The van der Waals surface area contributed by atoms with E-state index in [0.717, 1.165) is 49.0 Å². The van der Waals surface area contributed by atoms with Gasteiger partial charge in [0.05, 0.1) is 11.4 Å². The second kappa shape index (κ2) is 12.4. The van der Waals surface area contributed by atoms with Crippen LogP contribution >= 0.6 is 24.0 Å². The minimum atomic E-state index is 0. The first-order valence-electron chi connectivity index (χ1n) is 11.9. The number of halogens is 1. The molecule has 0 spiro atoms. The van der Waals surface area contributed by atoms with Gasteiger partial charge in [0.25, 0.3) is 0 Å². The van der Waals surface area contributed by atoms with Gasteiger partial charge in [0.1, 0.15) is 0 Å². The minimum absolute atomic E-state index is 0. The molecule has 1 atom stereocenters. The quantitative estimate of drug-likeness (QED) is 0.248. The van der Waals surface area contributed by atoms with Gasteiger partial charge in [-0.1, -0.05) is 48.5 Å². The lowest BCUT2D eigenvalue weighted by Gasteiger charge is -2.37. The third-order valence-corrected chi connectivity index (χ3v) is 6.60. The number of aromatic nitrogens is 2. The number of rotatable bonds is 6. The van der Waals surface area contributed by atoms with Crippen LogP contribution in [0.15, 0.2) is 65.7 Å². The van der Waals surface area contributed by atoms with Gasteiger partial charge in [0.15, 0.2) is 5.96 Å². The number of guanidine groups is 1. The van der Waals surface area contributed by atoms with Crippen molar-refractivity contribution in [2.75, 3.05) is 20.1 Å². The summed E-state index contributed by atoms with van der Waals surface area (Å²) in [5, 5.41) is 11.8. The highest BCUT2D eigenvalue weighted by atomic mass is 127. The van der Waals surface area contributed by atoms with E-state index in [9.17, 15) is 0 Å². The zero-order valence-corrected chi connectivity index (χ0v) is 23.0. The average Bonchev–Trinajstić information content (AvgIpc) is 3.20. The van der Waals surface area contributed by atoms with E-state index in [1.165, 1.54) is 11.1 Å². The number of aliphatic imine (C=N–C) groups is 1. The molecule has 1 aliphatic heterocycles. The van der Waals surface area contributed by atoms with E-state index in [-0.39, 0.29) is 24.0 Å². The molecule has 3 aromatic rings. The van der Waals surface area contributed by atoms with Gasteiger partial charge >= 0.3 is 0 Å². The summed E-state index contributed by atoms with van der Waals surface area (Å²) in [6.07, 6.45) is 2.22. The number of benzene rings is 2. The van der Waals surface area contributed by atoms with Crippen molar-refractivity contribution in [2.45, 2.75) is 52.2 Å².